The van der Waals surface area contributed by atoms with Crippen LogP contribution in [0.5, 0.6) is 0 Å². The summed E-state index contributed by atoms with van der Waals surface area (Å²) >= 11 is 0. The quantitative estimate of drug-likeness (QED) is 0.765. The van der Waals surface area contributed by atoms with Crippen LogP contribution in [0.4, 0.5) is 0 Å². The molecule has 0 amide bonds. The normalized spacial score (nSPS) is 18.2. The van der Waals surface area contributed by atoms with E-state index in [0.717, 1.165) is 18.2 Å². The molecule has 1 aliphatic rings. The van der Waals surface area contributed by atoms with E-state index in [9.17, 15) is 0 Å². The van der Waals surface area contributed by atoms with Crippen LogP contribution in [0.25, 0.3) is 0 Å². The average Bonchev–Trinajstić information content (AvgIpc) is 2.76. The van der Waals surface area contributed by atoms with Crippen LogP contribution in [-0.2, 0) is 13.0 Å². The monoisotopic (exact) mass is 182 g/mol. The fourth-order valence-electron chi connectivity index (χ4n) is 1.91. The number of aromatic nitrogens is 2. The Kier molecular flexibility index (Phi) is 2.59. The van der Waals surface area contributed by atoms with Gasteiger partial charge in [0.2, 0.25) is 0 Å². The van der Waals surface area contributed by atoms with Crippen molar-refractivity contribution in [2.45, 2.75) is 38.7 Å². The summed E-state index contributed by atoms with van der Waals surface area (Å²) in [7, 11) is 0. The first-order chi connectivity index (χ1) is 6.38. The molecule has 0 atom stereocenters. The predicted molar refractivity (Wildman–Crippen MR) is 45.9 cm³/mol. The molecule has 4 heteroatoms. The largest absolute Gasteiger partial charge is 0.387 e. The number of hydrogen-bond donors (Lipinski definition) is 1. The van der Waals surface area contributed by atoms with Gasteiger partial charge in [-0.05, 0) is 5.92 Å². The van der Waals surface area contributed by atoms with E-state index in [1.165, 1.54) is 25.7 Å². The van der Waals surface area contributed by atoms with E-state index < -0.39 is 0 Å². The Labute approximate surface area is 77.0 Å². The first kappa shape index (κ1) is 8.69. The van der Waals surface area contributed by atoms with Crippen LogP contribution in [0.2, 0.25) is 0 Å². The summed E-state index contributed by atoms with van der Waals surface area (Å²) in [5.74, 6) is 1.80. The Morgan fingerprint density at radius 1 is 1.38 bits per heavy atom. The third kappa shape index (κ3) is 2.06. The summed E-state index contributed by atoms with van der Waals surface area (Å²) in [5, 5.41) is 12.5. The SMILES string of the molecule is OCc1nc(CC2CCCC2)no1. The number of aliphatic hydroxyl groups is 1. The summed E-state index contributed by atoms with van der Waals surface area (Å²) in [6, 6.07) is 0. The molecule has 1 N–H and O–H groups in total. The second-order valence-electron chi connectivity index (χ2n) is 3.62. The molecule has 1 aliphatic carbocycles. The van der Waals surface area contributed by atoms with Crippen LogP contribution in [0.15, 0.2) is 4.52 Å². The molecule has 4 nitrogen and oxygen atoms in total. The van der Waals surface area contributed by atoms with Crippen LogP contribution in [0.3, 0.4) is 0 Å². The number of nitrogens with zero attached hydrogens (tertiary/aromatic N) is 2. The summed E-state index contributed by atoms with van der Waals surface area (Å²) in [4.78, 5) is 4.06. The Hall–Kier alpha value is -0.900. The first-order valence-corrected chi connectivity index (χ1v) is 4.81. The van der Waals surface area contributed by atoms with Crippen molar-refractivity contribution < 1.29 is 9.63 Å². The van der Waals surface area contributed by atoms with E-state index in [1.54, 1.807) is 0 Å². The highest BCUT2D eigenvalue weighted by Gasteiger charge is 2.18. The molecule has 1 fully saturated rings. The van der Waals surface area contributed by atoms with E-state index in [-0.39, 0.29) is 6.61 Å². The summed E-state index contributed by atoms with van der Waals surface area (Å²) in [6.45, 7) is -0.155. The minimum absolute atomic E-state index is 0.155. The van der Waals surface area contributed by atoms with Gasteiger partial charge in [0, 0.05) is 6.42 Å². The Morgan fingerprint density at radius 2 is 2.15 bits per heavy atom. The van der Waals surface area contributed by atoms with Gasteiger partial charge in [0.05, 0.1) is 0 Å². The molecule has 0 saturated heterocycles. The molecule has 2 rings (SSSR count). The topological polar surface area (TPSA) is 59.2 Å². The van der Waals surface area contributed by atoms with Gasteiger partial charge in [-0.15, -0.1) is 0 Å². The summed E-state index contributed by atoms with van der Waals surface area (Å²) in [6.07, 6.45) is 6.13. The lowest BCUT2D eigenvalue weighted by Gasteiger charge is -2.02. The molecule has 0 spiro atoms. The van der Waals surface area contributed by atoms with Crippen LogP contribution < -0.4 is 0 Å². The predicted octanol–water partition coefficient (Wildman–Crippen LogP) is 1.29. The Bertz CT molecular complexity index is 266. The number of hydrogen-bond acceptors (Lipinski definition) is 4. The Balaban J connectivity index is 1.92. The second kappa shape index (κ2) is 3.87. The fourth-order valence-corrected chi connectivity index (χ4v) is 1.91. The molecule has 0 aromatic carbocycles. The van der Waals surface area contributed by atoms with E-state index >= 15 is 0 Å². The van der Waals surface area contributed by atoms with Gasteiger partial charge in [0.15, 0.2) is 5.82 Å². The van der Waals surface area contributed by atoms with Crippen molar-refractivity contribution >= 4 is 0 Å². The summed E-state index contributed by atoms with van der Waals surface area (Å²) in [5.41, 5.74) is 0. The smallest absolute Gasteiger partial charge is 0.252 e. The second-order valence-corrected chi connectivity index (χ2v) is 3.62. The molecule has 13 heavy (non-hydrogen) atoms. The zero-order valence-corrected chi connectivity index (χ0v) is 7.57. The van der Waals surface area contributed by atoms with Crippen molar-refractivity contribution in [1.29, 1.82) is 0 Å². The van der Waals surface area contributed by atoms with Crippen molar-refractivity contribution in [2.75, 3.05) is 0 Å². The molecule has 1 aromatic heterocycles. The highest BCUT2D eigenvalue weighted by Crippen LogP contribution is 2.27. The molecule has 0 unspecified atom stereocenters. The van der Waals surface area contributed by atoms with E-state index in [2.05, 4.69) is 10.1 Å². The van der Waals surface area contributed by atoms with Crippen molar-refractivity contribution in [1.82, 2.24) is 10.1 Å². The van der Waals surface area contributed by atoms with E-state index in [4.69, 9.17) is 9.63 Å². The fraction of sp³-hybridized carbons (Fsp3) is 0.778. The lowest BCUT2D eigenvalue weighted by atomic mass is 10.0. The molecular formula is C9H14N2O2. The van der Waals surface area contributed by atoms with Gasteiger partial charge in [0.1, 0.15) is 6.61 Å². The maximum atomic E-state index is 8.72. The lowest BCUT2D eigenvalue weighted by Crippen LogP contribution is -2.00. The van der Waals surface area contributed by atoms with Crippen LogP contribution in [-0.4, -0.2) is 15.2 Å². The van der Waals surface area contributed by atoms with Gasteiger partial charge in [-0.25, -0.2) is 0 Å². The summed E-state index contributed by atoms with van der Waals surface area (Å²) < 4.78 is 4.81. The van der Waals surface area contributed by atoms with Gasteiger partial charge in [0.25, 0.3) is 5.89 Å². The van der Waals surface area contributed by atoms with Gasteiger partial charge in [-0.2, -0.15) is 4.98 Å². The van der Waals surface area contributed by atoms with Gasteiger partial charge < -0.3 is 9.63 Å². The molecule has 1 saturated carbocycles. The van der Waals surface area contributed by atoms with Crippen molar-refractivity contribution in [3.63, 3.8) is 0 Å². The van der Waals surface area contributed by atoms with Gasteiger partial charge in [-0.3, -0.25) is 0 Å². The van der Waals surface area contributed by atoms with Crippen molar-refractivity contribution in [3.05, 3.63) is 11.7 Å². The number of aliphatic hydroxyl groups excluding tert-OH is 1. The van der Waals surface area contributed by atoms with E-state index in [0.29, 0.717) is 5.89 Å². The van der Waals surface area contributed by atoms with Crippen LogP contribution >= 0.6 is 0 Å². The van der Waals surface area contributed by atoms with E-state index in [1.807, 2.05) is 0 Å². The van der Waals surface area contributed by atoms with Crippen molar-refractivity contribution in [3.8, 4) is 0 Å². The maximum absolute atomic E-state index is 8.72. The molecule has 0 bridgehead atoms. The lowest BCUT2D eigenvalue weighted by molar-refractivity contribution is 0.222. The van der Waals surface area contributed by atoms with Crippen molar-refractivity contribution in [2.24, 2.45) is 5.92 Å². The molecule has 1 heterocycles. The van der Waals surface area contributed by atoms with Crippen LogP contribution in [0.1, 0.15) is 37.4 Å². The minimum atomic E-state index is -0.155. The molecule has 0 radical (unpaired) electrons. The average molecular weight is 182 g/mol. The highest BCUT2D eigenvalue weighted by atomic mass is 16.5. The maximum Gasteiger partial charge on any atom is 0.252 e. The van der Waals surface area contributed by atoms with Gasteiger partial charge in [-0.1, -0.05) is 30.8 Å². The molecule has 1 aromatic rings. The molecule has 72 valence electrons. The Morgan fingerprint density at radius 3 is 2.77 bits per heavy atom. The van der Waals surface area contributed by atoms with Gasteiger partial charge >= 0.3 is 0 Å². The first-order valence-electron chi connectivity index (χ1n) is 4.81. The minimum Gasteiger partial charge on any atom is -0.387 e. The molecule has 0 aliphatic heterocycles. The third-order valence-corrected chi connectivity index (χ3v) is 2.59. The highest BCUT2D eigenvalue weighted by molar-refractivity contribution is 4.88. The standard InChI is InChI=1S/C9H14N2O2/c12-6-9-10-8(11-13-9)5-7-3-1-2-4-7/h7,12H,1-6H2. The third-order valence-electron chi connectivity index (χ3n) is 2.59. The van der Waals surface area contributed by atoms with Crippen LogP contribution in [0, 0.1) is 5.92 Å². The zero-order chi connectivity index (χ0) is 9.10. The molecular weight excluding hydrogens is 168 g/mol. The number of rotatable bonds is 3. The zero-order valence-electron chi connectivity index (χ0n) is 7.57.